The maximum absolute atomic E-state index is 12.6. The van der Waals surface area contributed by atoms with Crippen LogP contribution in [-0.4, -0.2) is 67.7 Å². The zero-order valence-corrected chi connectivity index (χ0v) is 18.4. The average Bonchev–Trinajstić information content (AvgIpc) is 2.83. The van der Waals surface area contributed by atoms with Crippen LogP contribution in [0.4, 0.5) is 29.5 Å². The number of hydrogen-bond donors (Lipinski definition) is 1. The highest BCUT2D eigenvalue weighted by Crippen LogP contribution is 2.35. The van der Waals surface area contributed by atoms with Gasteiger partial charge in [-0.3, -0.25) is 0 Å². The summed E-state index contributed by atoms with van der Waals surface area (Å²) in [6, 6.07) is 8.26. The van der Waals surface area contributed by atoms with E-state index in [9.17, 15) is 18.0 Å². The number of alkyl halides is 3. The zero-order chi connectivity index (χ0) is 24.3. The fourth-order valence-corrected chi connectivity index (χ4v) is 3.69. The molecule has 0 bridgehead atoms. The van der Waals surface area contributed by atoms with Crippen molar-refractivity contribution in [2.24, 2.45) is 0 Å². The molecule has 4 rings (SSSR count). The number of carbonyl (C=O) groups is 1. The van der Waals surface area contributed by atoms with Gasteiger partial charge in [0.2, 0.25) is 0 Å². The van der Waals surface area contributed by atoms with Crippen molar-refractivity contribution in [1.29, 1.82) is 0 Å². The Kier molecular flexibility index (Phi) is 6.48. The lowest BCUT2D eigenvalue weighted by atomic mass is 10.2. The molecule has 9 nitrogen and oxygen atoms in total. The molecule has 3 aromatic rings. The lowest BCUT2D eigenvalue weighted by molar-refractivity contribution is -0.274. The van der Waals surface area contributed by atoms with Crippen molar-refractivity contribution in [3.8, 4) is 17.2 Å². The van der Waals surface area contributed by atoms with Crippen LogP contribution in [0, 0.1) is 0 Å². The molecule has 34 heavy (non-hydrogen) atoms. The van der Waals surface area contributed by atoms with Crippen LogP contribution in [0.1, 0.15) is 0 Å². The molecule has 0 atom stereocenters. The van der Waals surface area contributed by atoms with Crippen molar-refractivity contribution < 1.29 is 32.2 Å². The summed E-state index contributed by atoms with van der Waals surface area (Å²) in [6.07, 6.45) is -3.29. The number of anilines is 2. The summed E-state index contributed by atoms with van der Waals surface area (Å²) < 4.78 is 51.4. The highest BCUT2D eigenvalue weighted by Gasteiger charge is 2.31. The molecule has 180 valence electrons. The SMILES string of the molecule is COc1cc2ncnc(N3CCN(C(=O)Nc4ccc(OC(F)(F)F)cc4)CC3)c2cc1OC. The number of amides is 2. The predicted molar refractivity (Wildman–Crippen MR) is 119 cm³/mol. The van der Waals surface area contributed by atoms with E-state index in [4.69, 9.17) is 9.47 Å². The van der Waals surface area contributed by atoms with Gasteiger partial charge in [0.25, 0.3) is 0 Å². The van der Waals surface area contributed by atoms with E-state index >= 15 is 0 Å². The molecule has 1 aromatic heterocycles. The largest absolute Gasteiger partial charge is 0.573 e. The Labute approximate surface area is 193 Å². The van der Waals surface area contributed by atoms with E-state index < -0.39 is 6.36 Å². The Morgan fingerprint density at radius 3 is 2.24 bits per heavy atom. The van der Waals surface area contributed by atoms with E-state index in [2.05, 4.69) is 24.9 Å². The number of benzene rings is 2. The van der Waals surface area contributed by atoms with E-state index in [1.807, 2.05) is 6.07 Å². The van der Waals surface area contributed by atoms with E-state index in [1.165, 1.54) is 18.5 Å². The van der Waals surface area contributed by atoms with Gasteiger partial charge in [0.1, 0.15) is 17.9 Å². The van der Waals surface area contributed by atoms with Gasteiger partial charge in [-0.25, -0.2) is 14.8 Å². The molecule has 0 radical (unpaired) electrons. The molecule has 1 fully saturated rings. The number of nitrogens with one attached hydrogen (secondary N) is 1. The number of nitrogens with zero attached hydrogens (tertiary/aromatic N) is 4. The van der Waals surface area contributed by atoms with Crippen molar-refractivity contribution >= 4 is 28.4 Å². The van der Waals surface area contributed by atoms with Gasteiger partial charge in [-0.05, 0) is 30.3 Å². The quantitative estimate of drug-likeness (QED) is 0.596. The Morgan fingerprint density at radius 2 is 1.62 bits per heavy atom. The first kappa shape index (κ1) is 23.2. The predicted octanol–water partition coefficient (Wildman–Crippen LogP) is 3.90. The topological polar surface area (TPSA) is 89.1 Å². The van der Waals surface area contributed by atoms with Gasteiger partial charge in [0.05, 0.1) is 19.7 Å². The fourth-order valence-electron chi connectivity index (χ4n) is 3.69. The monoisotopic (exact) mass is 477 g/mol. The van der Waals surface area contributed by atoms with E-state index in [0.29, 0.717) is 48.9 Å². The Hall–Kier alpha value is -3.96. The third-order valence-electron chi connectivity index (χ3n) is 5.33. The third-order valence-corrected chi connectivity index (χ3v) is 5.33. The van der Waals surface area contributed by atoms with Crippen LogP contribution in [0.3, 0.4) is 0 Å². The van der Waals surface area contributed by atoms with Crippen LogP contribution in [0.15, 0.2) is 42.7 Å². The second-order valence-corrected chi connectivity index (χ2v) is 7.40. The van der Waals surface area contributed by atoms with Crippen LogP contribution in [0.5, 0.6) is 17.2 Å². The smallest absolute Gasteiger partial charge is 0.493 e. The summed E-state index contributed by atoms with van der Waals surface area (Å²) in [4.78, 5) is 25.1. The normalized spacial score (nSPS) is 14.1. The van der Waals surface area contributed by atoms with Gasteiger partial charge < -0.3 is 29.3 Å². The summed E-state index contributed by atoms with van der Waals surface area (Å²) in [7, 11) is 3.11. The van der Waals surface area contributed by atoms with Crippen molar-refractivity contribution in [3.63, 3.8) is 0 Å². The van der Waals surface area contributed by atoms with Crippen LogP contribution >= 0.6 is 0 Å². The first-order valence-electron chi connectivity index (χ1n) is 10.3. The standard InChI is InChI=1S/C22H22F3N5O4/c1-32-18-11-16-17(12-19(18)33-2)26-13-27-20(16)29-7-9-30(10-8-29)21(31)28-14-3-5-15(6-4-14)34-22(23,24)25/h3-6,11-13H,7-10H2,1-2H3,(H,28,31). The summed E-state index contributed by atoms with van der Waals surface area (Å²) in [5.74, 6) is 1.51. The number of ether oxygens (including phenoxy) is 3. The second-order valence-electron chi connectivity index (χ2n) is 7.40. The van der Waals surface area contributed by atoms with Gasteiger partial charge in [-0.2, -0.15) is 0 Å². The molecule has 2 heterocycles. The van der Waals surface area contributed by atoms with E-state index in [1.54, 1.807) is 25.2 Å². The van der Waals surface area contributed by atoms with Gasteiger partial charge in [-0.1, -0.05) is 0 Å². The van der Waals surface area contributed by atoms with Gasteiger partial charge >= 0.3 is 12.4 Å². The Morgan fingerprint density at radius 1 is 0.971 bits per heavy atom. The number of hydrogen-bond acceptors (Lipinski definition) is 7. The Balaban J connectivity index is 1.40. The molecule has 0 aliphatic carbocycles. The molecule has 12 heteroatoms. The van der Waals surface area contributed by atoms with E-state index in [-0.39, 0.29) is 11.8 Å². The van der Waals surface area contributed by atoms with Gasteiger partial charge in [0.15, 0.2) is 11.5 Å². The number of carbonyl (C=O) groups excluding carboxylic acids is 1. The van der Waals surface area contributed by atoms with Crippen molar-refractivity contribution in [3.05, 3.63) is 42.7 Å². The molecule has 2 aromatic carbocycles. The molecular weight excluding hydrogens is 455 g/mol. The minimum atomic E-state index is -4.77. The maximum Gasteiger partial charge on any atom is 0.573 e. The van der Waals surface area contributed by atoms with Crippen LogP contribution in [0.25, 0.3) is 10.9 Å². The lowest BCUT2D eigenvalue weighted by Gasteiger charge is -2.35. The highest BCUT2D eigenvalue weighted by atomic mass is 19.4. The number of methoxy groups -OCH3 is 2. The lowest BCUT2D eigenvalue weighted by Crippen LogP contribution is -2.50. The number of fused-ring (bicyclic) bond motifs is 1. The number of aromatic nitrogens is 2. The number of halogens is 3. The average molecular weight is 477 g/mol. The summed E-state index contributed by atoms with van der Waals surface area (Å²) in [5, 5.41) is 3.49. The molecule has 1 aliphatic heterocycles. The van der Waals surface area contributed by atoms with Gasteiger partial charge in [-0.15, -0.1) is 13.2 Å². The molecule has 2 amide bonds. The van der Waals surface area contributed by atoms with Crippen LogP contribution < -0.4 is 24.4 Å². The number of piperazine rings is 1. The molecule has 1 aliphatic rings. The molecule has 1 N–H and O–H groups in total. The zero-order valence-electron chi connectivity index (χ0n) is 18.4. The second kappa shape index (κ2) is 9.49. The third kappa shape index (κ3) is 5.16. The highest BCUT2D eigenvalue weighted by molar-refractivity contribution is 5.92. The Bertz CT molecular complexity index is 1170. The molecule has 0 saturated carbocycles. The summed E-state index contributed by atoms with van der Waals surface area (Å²) >= 11 is 0. The first-order valence-corrected chi connectivity index (χ1v) is 10.3. The van der Waals surface area contributed by atoms with Crippen molar-refractivity contribution in [1.82, 2.24) is 14.9 Å². The number of rotatable bonds is 5. The summed E-state index contributed by atoms with van der Waals surface area (Å²) in [6.45, 7) is 1.93. The van der Waals surface area contributed by atoms with Crippen LogP contribution in [0.2, 0.25) is 0 Å². The fraction of sp³-hybridized carbons (Fsp3) is 0.318. The molecule has 0 spiro atoms. The maximum atomic E-state index is 12.6. The summed E-state index contributed by atoms with van der Waals surface area (Å²) in [5.41, 5.74) is 1.07. The van der Waals surface area contributed by atoms with Crippen molar-refractivity contribution in [2.75, 3.05) is 50.6 Å². The molecular formula is C22H22F3N5O4. The minimum absolute atomic E-state index is 0.344. The van der Waals surface area contributed by atoms with Crippen molar-refractivity contribution in [2.45, 2.75) is 6.36 Å². The van der Waals surface area contributed by atoms with Crippen LogP contribution in [-0.2, 0) is 0 Å². The minimum Gasteiger partial charge on any atom is -0.493 e. The first-order chi connectivity index (χ1) is 16.3. The molecule has 1 saturated heterocycles. The van der Waals surface area contributed by atoms with E-state index in [0.717, 1.165) is 23.3 Å². The van der Waals surface area contributed by atoms with Gasteiger partial charge in [0, 0.05) is 43.3 Å². The number of urea groups is 1. The molecule has 0 unspecified atom stereocenters.